The molecule has 3 saturated carbocycles. The van der Waals surface area contributed by atoms with Gasteiger partial charge in [-0.3, -0.25) is 9.52 Å². The molecule has 0 radical (unpaired) electrons. The molecule has 0 unspecified atom stereocenters. The predicted octanol–water partition coefficient (Wildman–Crippen LogP) is 10.9. The number of nitrogens with one attached hydrogen (secondary N) is 1. The number of carbonyl (C=O) groups is 3. The van der Waals surface area contributed by atoms with Crippen LogP contribution >= 0.6 is 22.7 Å². The SMILES string of the molecule is Cc1ccc(S(=O)(=O)Nc2cc(C3=CCCCC3)sc2C(=O)OC(=O)c2sc(C3CCC(C)CC3)cc2N(C(=O)C2CCC(C)CC2)C2CCC(O)CC2)c(C)c1. The Bertz CT molecular complexity index is 2090. The first-order chi connectivity index (χ1) is 27.3. The highest BCUT2D eigenvalue weighted by molar-refractivity contribution is 7.92. The zero-order chi connectivity index (χ0) is 40.4. The number of aliphatic hydroxyl groups is 1. The van der Waals surface area contributed by atoms with Crippen molar-refractivity contribution < 1.29 is 32.6 Å². The van der Waals surface area contributed by atoms with Crippen molar-refractivity contribution in [3.8, 4) is 0 Å². The molecule has 3 aromatic rings. The van der Waals surface area contributed by atoms with Crippen molar-refractivity contribution in [3.63, 3.8) is 0 Å². The van der Waals surface area contributed by atoms with E-state index in [0.717, 1.165) is 109 Å². The fraction of sp³-hybridized carbons (Fsp3) is 0.578. The third-order valence-electron chi connectivity index (χ3n) is 12.8. The highest BCUT2D eigenvalue weighted by Crippen LogP contribution is 2.45. The summed E-state index contributed by atoms with van der Waals surface area (Å²) in [5, 5.41) is 10.5. The number of aryl methyl sites for hydroxylation is 2. The summed E-state index contributed by atoms with van der Waals surface area (Å²) in [5.74, 6) is -0.495. The smallest absolute Gasteiger partial charge is 0.358 e. The Kier molecular flexibility index (Phi) is 13.1. The quantitative estimate of drug-likeness (QED) is 0.154. The lowest BCUT2D eigenvalue weighted by Gasteiger charge is -2.39. The molecule has 9 nitrogen and oxygen atoms in total. The third-order valence-corrected chi connectivity index (χ3v) is 16.8. The topological polar surface area (TPSA) is 130 Å². The molecule has 308 valence electrons. The van der Waals surface area contributed by atoms with Crippen LogP contribution in [0.5, 0.6) is 0 Å². The normalized spacial score (nSPS) is 25.7. The maximum absolute atomic E-state index is 14.7. The van der Waals surface area contributed by atoms with Crippen LogP contribution < -0.4 is 9.62 Å². The molecule has 57 heavy (non-hydrogen) atoms. The van der Waals surface area contributed by atoms with Gasteiger partial charge < -0.3 is 14.7 Å². The van der Waals surface area contributed by atoms with Crippen LogP contribution in [0.1, 0.15) is 163 Å². The number of esters is 2. The molecule has 0 atom stereocenters. The Morgan fingerprint density at radius 1 is 0.807 bits per heavy atom. The number of benzene rings is 1. The summed E-state index contributed by atoms with van der Waals surface area (Å²) in [6, 6.07) is 8.61. The summed E-state index contributed by atoms with van der Waals surface area (Å²) in [6.07, 6.45) is 15.5. The number of carbonyl (C=O) groups excluding carboxylic acids is 3. The molecule has 4 aliphatic rings. The molecule has 12 heteroatoms. The molecule has 0 spiro atoms. The highest BCUT2D eigenvalue weighted by Gasteiger charge is 2.39. The number of anilines is 2. The van der Waals surface area contributed by atoms with Gasteiger partial charge in [0.05, 0.1) is 22.4 Å². The van der Waals surface area contributed by atoms with Crippen LogP contribution in [0.4, 0.5) is 11.4 Å². The summed E-state index contributed by atoms with van der Waals surface area (Å²) in [5.41, 5.74) is 3.13. The molecule has 7 rings (SSSR count). The number of amides is 1. The Balaban J connectivity index is 1.24. The minimum absolute atomic E-state index is 0.00304. The average molecular weight is 835 g/mol. The van der Waals surface area contributed by atoms with E-state index < -0.39 is 28.1 Å². The van der Waals surface area contributed by atoms with Gasteiger partial charge in [0.2, 0.25) is 5.91 Å². The number of aliphatic hydroxyl groups excluding tert-OH is 1. The second-order valence-electron chi connectivity index (χ2n) is 17.3. The number of allylic oxidation sites excluding steroid dienone is 2. The van der Waals surface area contributed by atoms with E-state index in [-0.39, 0.29) is 44.1 Å². The van der Waals surface area contributed by atoms with Crippen molar-refractivity contribution in [2.45, 2.75) is 153 Å². The molecule has 2 N–H and O–H groups in total. The van der Waals surface area contributed by atoms with Gasteiger partial charge in [-0.05, 0) is 151 Å². The lowest BCUT2D eigenvalue weighted by atomic mass is 9.81. The number of nitrogens with zero attached hydrogens (tertiary/aromatic N) is 1. The zero-order valence-corrected chi connectivity index (χ0v) is 36.3. The van der Waals surface area contributed by atoms with E-state index in [1.807, 2.05) is 17.9 Å². The van der Waals surface area contributed by atoms with Crippen LogP contribution in [-0.2, 0) is 19.6 Å². The molecular formula is C45H58N2O7S3. The van der Waals surface area contributed by atoms with Crippen molar-refractivity contribution in [1.82, 2.24) is 0 Å². The molecule has 2 aromatic heterocycles. The number of hydrogen-bond donors (Lipinski definition) is 2. The van der Waals surface area contributed by atoms with Crippen molar-refractivity contribution in [1.29, 1.82) is 0 Å². The minimum Gasteiger partial charge on any atom is -0.393 e. The standard InChI is InChI=1S/C45H58N2O7S3/c1-27-10-15-32(16-11-27)39-26-37(47(34-19-21-35(48)22-20-34)43(49)33-17-12-28(2)13-18-33)42(56-39)45(51)54-44(50)41-36(25-38(55-41)31-8-6-5-7-9-31)46-57(52,53)40-23-14-29(3)24-30(40)4/h8,14,23-28,32-35,46,48H,5-7,9-13,15-22H2,1-4H3. The first-order valence-corrected chi connectivity index (χ1v) is 24.2. The van der Waals surface area contributed by atoms with Crippen molar-refractivity contribution >= 4 is 67.5 Å². The van der Waals surface area contributed by atoms with Gasteiger partial charge in [-0.2, -0.15) is 0 Å². The van der Waals surface area contributed by atoms with Gasteiger partial charge in [0.15, 0.2) is 0 Å². The van der Waals surface area contributed by atoms with Gasteiger partial charge in [0, 0.05) is 21.7 Å². The van der Waals surface area contributed by atoms with Gasteiger partial charge in [-0.15, -0.1) is 22.7 Å². The number of hydrogen-bond acceptors (Lipinski definition) is 9. The summed E-state index contributed by atoms with van der Waals surface area (Å²) >= 11 is 2.46. The van der Waals surface area contributed by atoms with Crippen LogP contribution in [-0.4, -0.2) is 43.5 Å². The lowest BCUT2D eigenvalue weighted by Crippen LogP contribution is -2.47. The first-order valence-electron chi connectivity index (χ1n) is 21.1. The second-order valence-corrected chi connectivity index (χ2v) is 21.1. The van der Waals surface area contributed by atoms with Crippen LogP contribution in [0, 0.1) is 31.6 Å². The summed E-state index contributed by atoms with van der Waals surface area (Å²) < 4.78 is 36.1. The zero-order valence-electron chi connectivity index (χ0n) is 33.8. The highest BCUT2D eigenvalue weighted by atomic mass is 32.2. The minimum atomic E-state index is -4.10. The number of rotatable bonds is 10. The molecule has 3 fully saturated rings. The summed E-state index contributed by atoms with van der Waals surface area (Å²) in [6.45, 7) is 8.13. The maximum Gasteiger partial charge on any atom is 0.358 e. The van der Waals surface area contributed by atoms with E-state index in [2.05, 4.69) is 24.6 Å². The monoisotopic (exact) mass is 834 g/mol. The van der Waals surface area contributed by atoms with Crippen LogP contribution in [0.3, 0.4) is 0 Å². The van der Waals surface area contributed by atoms with Crippen LogP contribution in [0.15, 0.2) is 41.3 Å². The van der Waals surface area contributed by atoms with E-state index in [9.17, 15) is 27.9 Å². The third kappa shape index (κ3) is 9.61. The fourth-order valence-electron chi connectivity index (χ4n) is 9.30. The molecule has 1 amide bonds. The van der Waals surface area contributed by atoms with E-state index in [1.165, 1.54) is 11.3 Å². The molecule has 0 bridgehead atoms. The Hall–Kier alpha value is -3.32. The second kappa shape index (κ2) is 17.9. The van der Waals surface area contributed by atoms with Crippen molar-refractivity contribution in [2.75, 3.05) is 9.62 Å². The molecule has 1 aromatic carbocycles. The van der Waals surface area contributed by atoms with Crippen LogP contribution in [0.25, 0.3) is 5.57 Å². The first kappa shape index (κ1) is 41.8. The largest absolute Gasteiger partial charge is 0.393 e. The predicted molar refractivity (Wildman–Crippen MR) is 229 cm³/mol. The summed E-state index contributed by atoms with van der Waals surface area (Å²) in [7, 11) is -4.10. The molecule has 0 saturated heterocycles. The van der Waals surface area contributed by atoms with E-state index in [1.54, 1.807) is 31.2 Å². The van der Waals surface area contributed by atoms with Gasteiger partial charge in [-0.25, -0.2) is 18.0 Å². The van der Waals surface area contributed by atoms with Gasteiger partial charge in [0.1, 0.15) is 9.75 Å². The lowest BCUT2D eigenvalue weighted by molar-refractivity contribution is -0.124. The molecule has 2 heterocycles. The molecule has 4 aliphatic carbocycles. The average Bonchev–Trinajstić information content (AvgIpc) is 3.81. The Labute approximate surface area is 346 Å². The van der Waals surface area contributed by atoms with Gasteiger partial charge in [-0.1, -0.05) is 50.5 Å². The van der Waals surface area contributed by atoms with Gasteiger partial charge in [0.25, 0.3) is 10.0 Å². The molecule has 0 aliphatic heterocycles. The Morgan fingerprint density at radius 2 is 1.47 bits per heavy atom. The van der Waals surface area contributed by atoms with E-state index in [4.69, 9.17) is 4.74 Å². The van der Waals surface area contributed by atoms with E-state index in [0.29, 0.717) is 48.8 Å². The Morgan fingerprint density at radius 3 is 2.12 bits per heavy atom. The maximum atomic E-state index is 14.7. The number of thiophene rings is 2. The van der Waals surface area contributed by atoms with Crippen molar-refractivity contribution in [3.05, 3.63) is 67.0 Å². The summed E-state index contributed by atoms with van der Waals surface area (Å²) in [4.78, 5) is 47.5. The number of ether oxygens (including phenoxy) is 1. The van der Waals surface area contributed by atoms with Gasteiger partial charge >= 0.3 is 11.9 Å². The van der Waals surface area contributed by atoms with E-state index >= 15 is 0 Å². The fourth-order valence-corrected chi connectivity index (χ4v) is 12.9. The molecular weight excluding hydrogens is 777 g/mol. The number of sulfonamides is 1. The van der Waals surface area contributed by atoms with Crippen LogP contribution in [0.2, 0.25) is 0 Å². The van der Waals surface area contributed by atoms with Crippen molar-refractivity contribution in [2.24, 2.45) is 17.8 Å².